The van der Waals surface area contributed by atoms with Gasteiger partial charge < -0.3 is 47.7 Å². The van der Waals surface area contributed by atoms with E-state index in [0.29, 0.717) is 52.6 Å². The molecule has 16 rings (SSSR count). The number of pyridine rings is 1. The Kier molecular flexibility index (Phi) is 16.0. The van der Waals surface area contributed by atoms with Gasteiger partial charge in [0.05, 0.1) is 16.9 Å². The van der Waals surface area contributed by atoms with Crippen molar-refractivity contribution in [1.82, 2.24) is 68.4 Å². The number of thiazole rings is 1. The van der Waals surface area contributed by atoms with E-state index >= 15 is 0 Å². The molecule has 3 saturated carbocycles. The molecule has 0 bridgehead atoms. The number of imidazole rings is 3. The molecular formula is C68H72N18O4S. The molecule has 464 valence electrons. The third-order valence-electron chi connectivity index (χ3n) is 18.8. The van der Waals surface area contributed by atoms with Gasteiger partial charge in [0.2, 0.25) is 11.8 Å². The van der Waals surface area contributed by atoms with Crippen molar-refractivity contribution >= 4 is 90.1 Å². The maximum absolute atomic E-state index is 11.5. The van der Waals surface area contributed by atoms with Crippen LogP contribution in [0.15, 0.2) is 126 Å². The van der Waals surface area contributed by atoms with Crippen molar-refractivity contribution in [3.05, 3.63) is 145 Å². The van der Waals surface area contributed by atoms with E-state index in [9.17, 15) is 14.7 Å². The Morgan fingerprint density at radius 2 is 1.24 bits per heavy atom. The van der Waals surface area contributed by atoms with Gasteiger partial charge in [-0.05, 0) is 138 Å². The molecular weight excluding hydrogens is 1160 g/mol. The van der Waals surface area contributed by atoms with Gasteiger partial charge in [0.1, 0.15) is 84.8 Å². The Hall–Kier alpha value is -10.0. The number of aryl methyl sites for hydroxylation is 1. The van der Waals surface area contributed by atoms with Gasteiger partial charge >= 0.3 is 0 Å². The van der Waals surface area contributed by atoms with E-state index in [4.69, 9.17) is 42.3 Å². The summed E-state index contributed by atoms with van der Waals surface area (Å²) in [4.78, 5) is 66.8. The number of furan rings is 1. The third kappa shape index (κ3) is 11.4. The molecule has 0 saturated heterocycles. The zero-order valence-corrected chi connectivity index (χ0v) is 51.5. The monoisotopic (exact) mass is 1240 g/mol. The minimum atomic E-state index is -0.205. The van der Waals surface area contributed by atoms with E-state index in [1.165, 1.54) is 0 Å². The molecule has 91 heavy (non-hydrogen) atoms. The molecule has 11 aromatic heterocycles. The van der Waals surface area contributed by atoms with Crippen LogP contribution in [0.3, 0.4) is 0 Å². The van der Waals surface area contributed by atoms with Gasteiger partial charge in [0.15, 0.2) is 5.76 Å². The highest BCUT2D eigenvalue weighted by molar-refractivity contribution is 7.13. The van der Waals surface area contributed by atoms with Gasteiger partial charge in [-0.25, -0.2) is 39.9 Å². The lowest BCUT2D eigenvalue weighted by Gasteiger charge is -2.27. The first-order chi connectivity index (χ1) is 44.3. The maximum Gasteiger partial charge on any atom is 0.220 e. The number of aliphatic hydroxyl groups excluding tert-OH is 1. The molecule has 12 N–H and O–H groups in total. The number of hydrogen-bond donors (Lipinski definition) is 8. The van der Waals surface area contributed by atoms with E-state index in [-0.39, 0.29) is 30.3 Å². The summed E-state index contributed by atoms with van der Waals surface area (Å²) in [5, 5.41) is 18.6. The number of carbonyl (C=O) groups excluding carboxylic acids is 2. The second-order valence-corrected chi connectivity index (χ2v) is 25.5. The lowest BCUT2D eigenvalue weighted by molar-refractivity contribution is -0.122. The average Bonchev–Trinajstić information content (AvgIpc) is 1.63. The minimum Gasteiger partial charge on any atom is -0.454 e. The lowest BCUT2D eigenvalue weighted by Crippen LogP contribution is -2.29. The van der Waals surface area contributed by atoms with Crippen LogP contribution in [0.25, 0.3) is 94.3 Å². The Labute approximate surface area is 527 Å². The predicted molar refractivity (Wildman–Crippen MR) is 355 cm³/mol. The van der Waals surface area contributed by atoms with Gasteiger partial charge in [-0.3, -0.25) is 22.8 Å². The van der Waals surface area contributed by atoms with Crippen molar-refractivity contribution in [2.24, 2.45) is 23.5 Å². The molecule has 13 aromatic rings. The number of nitrogens with one attached hydrogen (secondary N) is 3. The number of amides is 2. The summed E-state index contributed by atoms with van der Waals surface area (Å²) < 4.78 is 12.4. The van der Waals surface area contributed by atoms with Crippen LogP contribution in [0, 0.1) is 24.7 Å². The zero-order valence-electron chi connectivity index (χ0n) is 50.7. The number of anilines is 3. The fraction of sp³-hybridized carbons (Fsp3) is 0.324. The number of fused-ring (bicyclic) bond motifs is 6. The Morgan fingerprint density at radius 3 is 1.88 bits per heavy atom. The number of aromatic nitrogens is 13. The quantitative estimate of drug-likeness (QED) is 0.0597. The molecule has 3 fully saturated rings. The summed E-state index contributed by atoms with van der Waals surface area (Å²) >= 11 is 1.63. The average molecular weight is 1240 g/mol. The van der Waals surface area contributed by atoms with Gasteiger partial charge in [0, 0.05) is 120 Å². The van der Waals surface area contributed by atoms with Crippen LogP contribution in [-0.4, -0.2) is 93.1 Å². The molecule has 3 aliphatic carbocycles. The highest BCUT2D eigenvalue weighted by Gasteiger charge is 2.33. The van der Waals surface area contributed by atoms with E-state index in [2.05, 4.69) is 83.7 Å². The molecule has 23 heteroatoms. The molecule has 0 spiro atoms. The van der Waals surface area contributed by atoms with Crippen LogP contribution in [0.5, 0.6) is 0 Å². The van der Waals surface area contributed by atoms with Gasteiger partial charge in [0.25, 0.3) is 0 Å². The van der Waals surface area contributed by atoms with Gasteiger partial charge in [-0.15, -0.1) is 11.3 Å². The van der Waals surface area contributed by atoms with Crippen molar-refractivity contribution in [2.45, 2.75) is 109 Å². The normalized spacial score (nSPS) is 19.4. The van der Waals surface area contributed by atoms with Gasteiger partial charge in [-0.1, -0.05) is 30.3 Å². The predicted octanol–water partition coefficient (Wildman–Crippen LogP) is 11.9. The van der Waals surface area contributed by atoms with Crippen LogP contribution in [0.1, 0.15) is 125 Å². The zero-order chi connectivity index (χ0) is 62.4. The molecule has 0 radical (unpaired) electrons. The molecule has 3 aliphatic rings. The van der Waals surface area contributed by atoms with E-state index in [0.717, 1.165) is 190 Å². The minimum absolute atomic E-state index is 0.0387. The summed E-state index contributed by atoms with van der Waals surface area (Å²) in [5.74, 6) is 6.71. The van der Waals surface area contributed by atoms with Crippen LogP contribution in [-0.2, 0) is 9.59 Å². The van der Waals surface area contributed by atoms with E-state index in [1.807, 2.05) is 73.4 Å². The number of rotatable bonds is 11. The van der Waals surface area contributed by atoms with Gasteiger partial charge in [-0.2, -0.15) is 0 Å². The molecule has 22 nitrogen and oxygen atoms in total. The first-order valence-electron chi connectivity index (χ1n) is 31.3. The van der Waals surface area contributed by atoms with Crippen LogP contribution in [0.4, 0.5) is 17.5 Å². The molecule has 0 unspecified atom stereocenters. The maximum atomic E-state index is 11.5. The molecule has 11 heterocycles. The fourth-order valence-electron chi connectivity index (χ4n) is 14.0. The Morgan fingerprint density at radius 1 is 0.637 bits per heavy atom. The summed E-state index contributed by atoms with van der Waals surface area (Å²) in [6.07, 6.45) is 24.4. The number of primary amides is 1. The van der Waals surface area contributed by atoms with Crippen molar-refractivity contribution in [3.63, 3.8) is 0 Å². The summed E-state index contributed by atoms with van der Waals surface area (Å²) in [5.41, 5.74) is 35.8. The number of hydrogen-bond acceptors (Lipinski definition) is 16. The number of carbonyl (C=O) groups is 2. The van der Waals surface area contributed by atoms with E-state index < -0.39 is 0 Å². The second-order valence-electron chi connectivity index (χ2n) is 24.6. The van der Waals surface area contributed by atoms with Crippen molar-refractivity contribution in [3.8, 4) is 44.8 Å². The second kappa shape index (κ2) is 24.8. The largest absolute Gasteiger partial charge is 0.454 e. The third-order valence-corrected chi connectivity index (χ3v) is 19.6. The number of para-hydroxylation sites is 2. The number of aliphatic hydroxyl groups is 1. The lowest BCUT2D eigenvalue weighted by atomic mass is 9.81. The number of H-pyrrole nitrogens is 2. The van der Waals surface area contributed by atoms with Crippen LogP contribution < -0.4 is 28.3 Å². The molecule has 2 amide bonds. The van der Waals surface area contributed by atoms with Crippen LogP contribution in [0.2, 0.25) is 0 Å². The number of aromatic amines is 2. The van der Waals surface area contributed by atoms with Crippen molar-refractivity contribution < 1.29 is 19.1 Å². The highest BCUT2D eigenvalue weighted by atomic mass is 32.1. The van der Waals surface area contributed by atoms with Crippen molar-refractivity contribution in [2.75, 3.05) is 30.4 Å². The summed E-state index contributed by atoms with van der Waals surface area (Å²) in [6.45, 7) is 4.60. The Balaban J connectivity index is 0.000000119. The summed E-state index contributed by atoms with van der Waals surface area (Å²) in [7, 11) is 0. The van der Waals surface area contributed by atoms with E-state index in [1.54, 1.807) is 43.0 Å². The first-order valence-corrected chi connectivity index (χ1v) is 32.2. The molecule has 2 aromatic carbocycles. The number of nitrogen functional groups attached to an aromatic ring is 3. The topological polar surface area (TPSA) is 332 Å². The smallest absolute Gasteiger partial charge is 0.220 e. The summed E-state index contributed by atoms with van der Waals surface area (Å²) in [6, 6.07) is 24.3. The number of nitrogens with two attached hydrogens (primary N) is 4. The Bertz CT molecular complexity index is 4730. The van der Waals surface area contributed by atoms with Crippen LogP contribution >= 0.6 is 11.3 Å². The number of nitrogens with zero attached hydrogens (tertiary/aromatic N) is 11. The standard InChI is InChI=1S/C24H24N6OS.C22H25N7O.C22H23N5O2/c25-22-21-20(18-12-16-2-1-3-17(19(16)28-18)24-27-9-11-32-24)29-23(30(21)10-8-26-22)15-6-4-14(13-31)5-7-15;1-13(30)26-12-14-4-6-15(7-5-14)22-28-18(19-20(23)24-9-10-29(19)22)17-11-16-3-2-8-25-21(16)27-17;1-12-11-25-20(23)19-18(17-10-15-4-2-3-5-16(15)29-17)26-22(27(12)19)14-8-6-13(7-9-14)21(24)28/h1-3,8-12,14-15,28,31H,4-7,13H2,(H2,25,26);2-3,8-11,14-15H,4-7,12H2,1H3,(H2,23,24)(H,25,27)(H,26,30);2-5,10-11,13-14H,6-9H2,1H3,(H2,23,25)(H2,24,28). The van der Waals surface area contributed by atoms with Crippen molar-refractivity contribution in [1.29, 1.82) is 0 Å². The molecule has 0 atom stereocenters. The fourth-order valence-corrected chi connectivity index (χ4v) is 14.7. The first kappa shape index (κ1) is 58.7. The number of benzene rings is 2. The SMILES string of the molecule is CC(=O)NCC1CCC(c2nc(-c3cc4cccnc4[nH]3)c3c(N)nccn23)CC1.Cc1cnc(N)c2c(-c3cc4ccccc4o3)nc(C3CCC(C(N)=O)CC3)n12.Nc1nccn2c(C3CCC(CO)CC3)nc(-c3cc4cccc(-c5nccs5)c4[nH]3)c12. The highest BCUT2D eigenvalue weighted by Crippen LogP contribution is 2.44. The molecule has 0 aliphatic heterocycles.